The molecule has 0 amide bonds. The SMILES string of the molecule is CC(C)(C)c1ncc2sccc2c1C(C)(C)C. The Morgan fingerprint density at radius 1 is 1.00 bits per heavy atom. The highest BCUT2D eigenvalue weighted by Gasteiger charge is 2.28. The summed E-state index contributed by atoms with van der Waals surface area (Å²) in [5, 5.41) is 3.54. The first kappa shape index (κ1) is 12.6. The molecule has 0 N–H and O–H groups in total. The fourth-order valence-corrected chi connectivity index (χ4v) is 3.03. The van der Waals surface area contributed by atoms with Crippen LogP contribution >= 0.6 is 11.3 Å². The molecule has 1 nitrogen and oxygen atoms in total. The number of rotatable bonds is 0. The smallest absolute Gasteiger partial charge is 0.0529 e. The Hall–Kier alpha value is -0.890. The van der Waals surface area contributed by atoms with Gasteiger partial charge in [-0.1, -0.05) is 41.5 Å². The van der Waals surface area contributed by atoms with Crippen molar-refractivity contribution in [2.24, 2.45) is 0 Å². The van der Waals surface area contributed by atoms with Crippen molar-refractivity contribution in [1.29, 1.82) is 0 Å². The Balaban J connectivity index is 2.85. The molecule has 2 aromatic rings. The maximum atomic E-state index is 4.73. The van der Waals surface area contributed by atoms with Crippen molar-refractivity contribution in [3.63, 3.8) is 0 Å². The van der Waals surface area contributed by atoms with E-state index in [-0.39, 0.29) is 10.8 Å². The van der Waals surface area contributed by atoms with Gasteiger partial charge in [0.25, 0.3) is 0 Å². The lowest BCUT2D eigenvalue weighted by Crippen LogP contribution is -2.23. The Kier molecular flexibility index (Phi) is 2.81. The fourth-order valence-electron chi connectivity index (χ4n) is 2.27. The molecule has 0 bridgehead atoms. The van der Waals surface area contributed by atoms with E-state index in [9.17, 15) is 0 Å². The minimum atomic E-state index is 0.0960. The number of nitrogens with zero attached hydrogens (tertiary/aromatic N) is 1. The molecule has 0 saturated carbocycles. The number of hydrogen-bond donors (Lipinski definition) is 0. The van der Waals surface area contributed by atoms with Gasteiger partial charge in [0, 0.05) is 11.6 Å². The predicted molar refractivity (Wildman–Crippen MR) is 77.0 cm³/mol. The third kappa shape index (κ3) is 2.23. The molecule has 2 heterocycles. The van der Waals surface area contributed by atoms with E-state index < -0.39 is 0 Å². The van der Waals surface area contributed by atoms with Gasteiger partial charge in [-0.15, -0.1) is 11.3 Å². The number of thiophene rings is 1. The third-order valence-corrected chi connectivity index (χ3v) is 3.82. The standard InChI is InChI=1S/C15H21NS/c1-14(2,3)12-10-7-8-17-11(10)9-16-13(12)15(4,5)6/h7-9H,1-6H3. The van der Waals surface area contributed by atoms with Gasteiger partial charge in [-0.3, -0.25) is 4.98 Å². The van der Waals surface area contributed by atoms with Crippen LogP contribution in [0.25, 0.3) is 10.1 Å². The van der Waals surface area contributed by atoms with Crippen molar-refractivity contribution >= 4 is 21.4 Å². The van der Waals surface area contributed by atoms with Crippen LogP contribution in [0.1, 0.15) is 52.8 Å². The molecule has 0 atom stereocenters. The quantitative estimate of drug-likeness (QED) is 0.646. The molecule has 17 heavy (non-hydrogen) atoms. The fraction of sp³-hybridized carbons (Fsp3) is 0.533. The molecule has 0 unspecified atom stereocenters. The summed E-state index contributed by atoms with van der Waals surface area (Å²) >= 11 is 1.77. The van der Waals surface area contributed by atoms with Gasteiger partial charge in [0.15, 0.2) is 0 Å². The molecule has 0 radical (unpaired) electrons. The van der Waals surface area contributed by atoms with Crippen molar-refractivity contribution in [2.75, 3.05) is 0 Å². The van der Waals surface area contributed by atoms with Crippen LogP contribution in [-0.4, -0.2) is 4.98 Å². The third-order valence-electron chi connectivity index (χ3n) is 2.97. The highest BCUT2D eigenvalue weighted by atomic mass is 32.1. The van der Waals surface area contributed by atoms with Crippen molar-refractivity contribution in [3.8, 4) is 0 Å². The van der Waals surface area contributed by atoms with E-state index in [1.165, 1.54) is 21.3 Å². The van der Waals surface area contributed by atoms with Crippen LogP contribution in [0.15, 0.2) is 17.6 Å². The van der Waals surface area contributed by atoms with E-state index in [2.05, 4.69) is 53.0 Å². The second kappa shape index (κ2) is 3.81. The van der Waals surface area contributed by atoms with E-state index in [1.807, 2.05) is 6.20 Å². The van der Waals surface area contributed by atoms with Gasteiger partial charge in [0.1, 0.15) is 0 Å². The molecule has 2 rings (SSSR count). The van der Waals surface area contributed by atoms with Crippen molar-refractivity contribution in [2.45, 2.75) is 52.4 Å². The van der Waals surface area contributed by atoms with Crippen LogP contribution in [0.4, 0.5) is 0 Å². The number of pyridine rings is 1. The highest BCUT2D eigenvalue weighted by molar-refractivity contribution is 7.17. The highest BCUT2D eigenvalue weighted by Crippen LogP contribution is 2.38. The lowest BCUT2D eigenvalue weighted by molar-refractivity contribution is 0.519. The van der Waals surface area contributed by atoms with E-state index in [0.29, 0.717) is 0 Å². The van der Waals surface area contributed by atoms with Gasteiger partial charge in [0.2, 0.25) is 0 Å². The van der Waals surface area contributed by atoms with E-state index in [4.69, 9.17) is 4.98 Å². The molecule has 0 aliphatic heterocycles. The average molecular weight is 247 g/mol. The molecule has 2 heteroatoms. The number of fused-ring (bicyclic) bond motifs is 1. The summed E-state index contributed by atoms with van der Waals surface area (Å²) < 4.78 is 1.29. The molecule has 0 fully saturated rings. The van der Waals surface area contributed by atoms with Crippen molar-refractivity contribution < 1.29 is 0 Å². The zero-order chi connectivity index (χ0) is 12.8. The molecule has 0 aromatic carbocycles. The van der Waals surface area contributed by atoms with Crippen LogP contribution in [0.2, 0.25) is 0 Å². The van der Waals surface area contributed by atoms with E-state index >= 15 is 0 Å². The average Bonchev–Trinajstić information content (AvgIpc) is 2.59. The molecule has 0 saturated heterocycles. The maximum Gasteiger partial charge on any atom is 0.0529 e. The Morgan fingerprint density at radius 2 is 1.65 bits per heavy atom. The first-order valence-electron chi connectivity index (χ1n) is 6.08. The Labute approximate surface area is 108 Å². The van der Waals surface area contributed by atoms with Crippen LogP contribution in [0, 0.1) is 0 Å². The second-order valence-electron chi connectivity index (χ2n) is 6.68. The van der Waals surface area contributed by atoms with Crippen molar-refractivity contribution in [3.05, 3.63) is 28.9 Å². The summed E-state index contributed by atoms with van der Waals surface area (Å²) in [6.45, 7) is 13.5. The minimum Gasteiger partial charge on any atom is -0.259 e. The number of aromatic nitrogens is 1. The van der Waals surface area contributed by atoms with Crippen molar-refractivity contribution in [1.82, 2.24) is 4.98 Å². The first-order valence-corrected chi connectivity index (χ1v) is 6.96. The summed E-state index contributed by atoms with van der Waals surface area (Å²) in [6.07, 6.45) is 2.02. The second-order valence-corrected chi connectivity index (χ2v) is 7.63. The van der Waals surface area contributed by atoms with Gasteiger partial charge in [-0.25, -0.2) is 0 Å². The first-order chi connectivity index (χ1) is 7.71. The van der Waals surface area contributed by atoms with E-state index in [0.717, 1.165) is 0 Å². The summed E-state index contributed by atoms with van der Waals surface area (Å²) in [5.41, 5.74) is 2.87. The summed E-state index contributed by atoms with van der Waals surface area (Å²) in [4.78, 5) is 4.73. The molecule has 0 aliphatic rings. The van der Waals surface area contributed by atoms with Crippen LogP contribution in [0.3, 0.4) is 0 Å². The van der Waals surface area contributed by atoms with Gasteiger partial charge >= 0.3 is 0 Å². The van der Waals surface area contributed by atoms with Crippen LogP contribution in [-0.2, 0) is 10.8 Å². The molecule has 0 spiro atoms. The summed E-state index contributed by atoms with van der Waals surface area (Å²) in [5.74, 6) is 0. The van der Waals surface area contributed by atoms with Gasteiger partial charge < -0.3 is 0 Å². The zero-order valence-electron chi connectivity index (χ0n) is 11.6. The molecular weight excluding hydrogens is 226 g/mol. The predicted octanol–water partition coefficient (Wildman–Crippen LogP) is 4.89. The lowest BCUT2D eigenvalue weighted by atomic mass is 9.77. The van der Waals surface area contributed by atoms with E-state index in [1.54, 1.807) is 11.3 Å². The molecule has 92 valence electrons. The largest absolute Gasteiger partial charge is 0.259 e. The van der Waals surface area contributed by atoms with Gasteiger partial charge in [0.05, 0.1) is 10.4 Å². The normalized spacial score (nSPS) is 13.3. The molecule has 0 aliphatic carbocycles. The molecule has 2 aromatic heterocycles. The minimum absolute atomic E-state index is 0.0960. The Morgan fingerprint density at radius 3 is 2.18 bits per heavy atom. The summed E-state index contributed by atoms with van der Waals surface area (Å²) in [6, 6.07) is 2.23. The zero-order valence-corrected chi connectivity index (χ0v) is 12.4. The number of hydrogen-bond acceptors (Lipinski definition) is 2. The topological polar surface area (TPSA) is 12.9 Å². The molecular formula is C15H21NS. The maximum absolute atomic E-state index is 4.73. The summed E-state index contributed by atoms with van der Waals surface area (Å²) in [7, 11) is 0. The van der Waals surface area contributed by atoms with Crippen LogP contribution in [0.5, 0.6) is 0 Å². The Bertz CT molecular complexity index is 538. The van der Waals surface area contributed by atoms with Gasteiger partial charge in [-0.05, 0) is 27.8 Å². The van der Waals surface area contributed by atoms with Gasteiger partial charge in [-0.2, -0.15) is 0 Å². The monoisotopic (exact) mass is 247 g/mol. The van der Waals surface area contributed by atoms with Crippen LogP contribution < -0.4 is 0 Å². The lowest BCUT2D eigenvalue weighted by Gasteiger charge is -2.29.